The number of methoxy groups -OCH3 is 2. The van der Waals surface area contributed by atoms with Crippen LogP contribution in [0.15, 0.2) is 128 Å². The second-order valence-electron chi connectivity index (χ2n) is 26.9. The maximum atomic E-state index is 11.9. The highest BCUT2D eigenvalue weighted by Crippen LogP contribution is 2.39. The third kappa shape index (κ3) is 18.2. The number of aromatic nitrogens is 9. The Hall–Kier alpha value is -12.1. The number of ether oxygens (including phenoxy) is 7. The molecule has 0 aliphatic rings. The monoisotopic (exact) mass is 1470 g/mol. The Labute approximate surface area is 628 Å². The largest absolute Gasteiger partial charge is 0.490 e. The number of carbonyl (C=O) groups excluding carboxylic acids is 1. The maximum Gasteiger partial charge on any atom is 0.355 e. The van der Waals surface area contributed by atoms with Gasteiger partial charge >= 0.3 is 11.9 Å². The number of fused-ring (bicyclic) bond motifs is 6. The van der Waals surface area contributed by atoms with E-state index in [0.29, 0.717) is 80.7 Å². The molecule has 6 aromatic carbocycles. The Balaban J connectivity index is 0.000000150. The van der Waals surface area contributed by atoms with Crippen molar-refractivity contribution in [1.29, 1.82) is 0 Å². The van der Waals surface area contributed by atoms with Gasteiger partial charge in [-0.3, -0.25) is 0 Å². The number of nitrogens with two attached hydrogens (primary N) is 6. The van der Waals surface area contributed by atoms with Gasteiger partial charge in [-0.05, 0) is 192 Å². The fourth-order valence-corrected chi connectivity index (χ4v) is 13.0. The molecule has 0 aliphatic carbocycles. The molecule has 0 atom stereocenters. The van der Waals surface area contributed by atoms with Gasteiger partial charge in [0.25, 0.3) is 0 Å². The molecule has 25 nitrogen and oxygen atoms in total. The highest BCUT2D eigenvalue weighted by atomic mass is 16.5. The van der Waals surface area contributed by atoms with Crippen molar-refractivity contribution in [1.82, 2.24) is 44.0 Å². The minimum atomic E-state index is -0.951. The predicted molar refractivity (Wildman–Crippen MR) is 438 cm³/mol. The number of nitrogen functional groups attached to an aromatic ring is 6. The first-order valence-corrected chi connectivity index (χ1v) is 36.0. The fraction of sp³-hybridized carbons (Fsp3) is 0.313. The van der Waals surface area contributed by atoms with E-state index in [1.807, 2.05) is 141 Å². The van der Waals surface area contributed by atoms with E-state index in [1.165, 1.54) is 16.7 Å². The number of nitrogens with one attached hydrogen (secondary N) is 6. The fourth-order valence-electron chi connectivity index (χ4n) is 13.0. The molecule has 572 valence electrons. The van der Waals surface area contributed by atoms with Crippen molar-refractivity contribution in [2.24, 2.45) is 0 Å². The predicted octanol–water partition coefficient (Wildman–Crippen LogP) is 16.3. The second-order valence-corrected chi connectivity index (χ2v) is 26.9. The molecule has 0 bridgehead atoms. The number of benzene rings is 6. The van der Waals surface area contributed by atoms with Crippen LogP contribution < -0.4 is 53.3 Å². The van der Waals surface area contributed by atoms with Crippen LogP contribution in [0.25, 0.3) is 65.4 Å². The third-order valence-corrected chi connectivity index (χ3v) is 19.1. The highest BCUT2D eigenvalue weighted by Gasteiger charge is 2.22. The van der Waals surface area contributed by atoms with Crippen LogP contribution in [0.4, 0.5) is 34.1 Å². The number of rotatable bonds is 21. The molecule has 19 N–H and O–H groups in total. The number of aromatic carboxylic acids is 1. The van der Waals surface area contributed by atoms with Gasteiger partial charge in [-0.15, -0.1) is 0 Å². The number of nitrogens with zero attached hydrogens (tertiary/aromatic N) is 3. The summed E-state index contributed by atoms with van der Waals surface area (Å²) in [7, 11) is 3.31. The smallest absolute Gasteiger partial charge is 0.355 e. The van der Waals surface area contributed by atoms with Crippen molar-refractivity contribution >= 4 is 111 Å². The molecule has 0 unspecified atom stereocenters. The van der Waals surface area contributed by atoms with E-state index in [2.05, 4.69) is 94.8 Å². The van der Waals surface area contributed by atoms with Crippen molar-refractivity contribution in [2.45, 2.75) is 115 Å². The van der Waals surface area contributed by atoms with Gasteiger partial charge in [0.05, 0.1) is 72.3 Å². The lowest BCUT2D eigenvalue weighted by Gasteiger charge is -2.09. The quantitative estimate of drug-likeness (QED) is 0.0180. The van der Waals surface area contributed by atoms with Crippen LogP contribution in [-0.4, -0.2) is 122 Å². The van der Waals surface area contributed by atoms with Gasteiger partial charge in [0.1, 0.15) is 60.8 Å². The molecule has 0 spiro atoms. The van der Waals surface area contributed by atoms with Crippen molar-refractivity contribution in [3.8, 4) is 23.0 Å². The van der Waals surface area contributed by atoms with E-state index < -0.39 is 5.97 Å². The molecule has 14 aromatic rings. The minimum absolute atomic E-state index is 0.222. The summed E-state index contributed by atoms with van der Waals surface area (Å²) in [4.78, 5) is 46.4. The number of hydrogen-bond donors (Lipinski definition) is 13. The first-order chi connectivity index (χ1) is 51.7. The summed E-state index contributed by atoms with van der Waals surface area (Å²) in [5.41, 5.74) is 57.4. The summed E-state index contributed by atoms with van der Waals surface area (Å²) in [6, 6.07) is 28.8. The van der Waals surface area contributed by atoms with Crippen LogP contribution in [-0.2, 0) is 27.3 Å². The van der Waals surface area contributed by atoms with E-state index in [9.17, 15) is 9.59 Å². The molecule has 0 fully saturated rings. The first kappa shape index (κ1) is 80.0. The Morgan fingerprint density at radius 2 is 0.824 bits per heavy atom. The number of aromatic amines is 6. The molecule has 0 amide bonds. The van der Waals surface area contributed by atoms with Gasteiger partial charge in [-0.2, -0.15) is 0 Å². The Kier molecular flexibility index (Phi) is 26.9. The first-order valence-electron chi connectivity index (χ1n) is 36.0. The Morgan fingerprint density at radius 1 is 0.444 bits per heavy atom. The molecule has 0 aliphatic heterocycles. The second kappa shape index (κ2) is 36.3. The summed E-state index contributed by atoms with van der Waals surface area (Å²) in [5.74, 6) is 2.72. The molecular weight excluding hydrogens is 1370 g/mol. The number of aryl methyl sites for hydroxylation is 8. The normalized spacial score (nSPS) is 11.1. The molecule has 8 aromatic heterocycles. The number of hydrogen-bond acceptors (Lipinski definition) is 16. The van der Waals surface area contributed by atoms with Crippen LogP contribution in [0, 0.1) is 55.4 Å². The molecule has 8 heterocycles. The van der Waals surface area contributed by atoms with E-state index in [-0.39, 0.29) is 11.7 Å². The average molecular weight is 1470 g/mol. The summed E-state index contributed by atoms with van der Waals surface area (Å²) in [6.07, 6.45) is 11.4. The van der Waals surface area contributed by atoms with Crippen LogP contribution in [0.2, 0.25) is 0 Å². The van der Waals surface area contributed by atoms with Gasteiger partial charge in [-0.25, -0.2) is 14.6 Å². The summed E-state index contributed by atoms with van der Waals surface area (Å²) in [5, 5.41) is 15.0. The van der Waals surface area contributed by atoms with Gasteiger partial charge in [0.15, 0.2) is 0 Å². The number of carboxylic acids is 1. The average Bonchev–Trinajstić information content (AvgIpc) is 2.12. The lowest BCUT2D eigenvalue weighted by molar-refractivity contribution is 0.0519. The summed E-state index contributed by atoms with van der Waals surface area (Å²) in [6.45, 7) is 31.6. The number of H-pyrrole nitrogens is 6. The van der Waals surface area contributed by atoms with Crippen LogP contribution in [0.5, 0.6) is 23.0 Å². The Bertz CT molecular complexity index is 5230. The Morgan fingerprint density at radius 3 is 1.22 bits per heavy atom. The SMILES string of the molecule is CCOC(=O)c1[nH]c2c(C(C)C)ccc(N)c2c1C.COCCOc1ccc(N)c2c(C)c(C)[nH]c12.COCCOc1ccc(N)c2cc[nH]c12.Cc1[nH]c2c(OCCn3cccc3)ccc(N)c2c1C.Cc1[nH]c2c(OCCn3ccnc3)ccc(N)c2c1C.Cc1c(C(=O)O)[nH]c2c(C(C)C)ccc(N)c12. The summed E-state index contributed by atoms with van der Waals surface area (Å²) < 4.78 is 42.1. The maximum absolute atomic E-state index is 11.9. The zero-order valence-electron chi connectivity index (χ0n) is 64.6. The third-order valence-electron chi connectivity index (χ3n) is 19.1. The number of esters is 1. The zero-order chi connectivity index (χ0) is 78.2. The molecular formula is C83H105N15O10. The van der Waals surface area contributed by atoms with Gasteiger partial charge in [0, 0.05) is 129 Å². The van der Waals surface area contributed by atoms with Crippen LogP contribution >= 0.6 is 0 Å². The van der Waals surface area contributed by atoms with E-state index in [4.69, 9.17) is 72.7 Å². The van der Waals surface area contributed by atoms with E-state index in [1.54, 1.807) is 40.6 Å². The van der Waals surface area contributed by atoms with Crippen LogP contribution in [0.1, 0.15) is 123 Å². The van der Waals surface area contributed by atoms with E-state index >= 15 is 0 Å². The molecule has 0 saturated carbocycles. The van der Waals surface area contributed by atoms with E-state index in [0.717, 1.165) is 158 Å². The molecule has 25 heteroatoms. The highest BCUT2D eigenvalue weighted by molar-refractivity contribution is 6.06. The summed E-state index contributed by atoms with van der Waals surface area (Å²) >= 11 is 0. The van der Waals surface area contributed by atoms with Gasteiger partial charge < -0.3 is 112 Å². The molecule has 14 rings (SSSR count). The van der Waals surface area contributed by atoms with Crippen molar-refractivity contribution < 1.29 is 47.9 Å². The number of carboxylic acid groups (broad SMARTS) is 1. The molecule has 0 saturated heterocycles. The lowest BCUT2D eigenvalue weighted by atomic mass is 9.98. The topological polar surface area (TPSA) is 393 Å². The van der Waals surface area contributed by atoms with Gasteiger partial charge in [0.2, 0.25) is 0 Å². The van der Waals surface area contributed by atoms with Crippen molar-refractivity contribution in [3.63, 3.8) is 0 Å². The molecule has 108 heavy (non-hydrogen) atoms. The molecule has 0 radical (unpaired) electrons. The van der Waals surface area contributed by atoms with Crippen LogP contribution in [0.3, 0.4) is 0 Å². The van der Waals surface area contributed by atoms with Crippen molar-refractivity contribution in [3.05, 3.63) is 196 Å². The number of carbonyl (C=O) groups is 2. The number of imidazole rings is 1. The van der Waals surface area contributed by atoms with Gasteiger partial charge in [-0.1, -0.05) is 39.8 Å². The van der Waals surface area contributed by atoms with Crippen molar-refractivity contribution in [2.75, 3.05) is 94.9 Å². The zero-order valence-corrected chi connectivity index (χ0v) is 64.6. The minimum Gasteiger partial charge on any atom is -0.490 e. The standard InChI is InChI=1S/C16H19N3O.C15H18N4O.C15H20N2O2.C13H18N2O2.C13H16N2O2.C11H14N2O2/c1-11-12(2)18-16-14(6-5-13(17)15(11)16)20-10-9-19-7-3-4-8-19;1-10-11(2)18-15-13(4-3-12(16)14(10)15)20-8-7-19-6-5-17-9-19;1-5-19-15(18)13-9(4)12-11(16)7-6-10(8(2)3)14(12)17-13;1-8-9(2)15-13-11(17-7-6-16-3)5-4-10(14)12(8)13;1-6(2)8-4-5-9(14)10-7(3)11(13(16)17)15-12(8)10;1-14-6-7-15-10-3-2-9(12)8-4-5-13-11(8)10/h3-8,18H,9-10,17H2,1-2H3;3-6,9,18H,7-8,16H2,1-2H3;6-8,17H,5,16H2,1-4H3;4-5,15H,6-7,14H2,1-3H3;4-6,15H,14H2,1-3H3,(H,16,17);2-5,13H,6-7,12H2,1H3. The lowest BCUT2D eigenvalue weighted by Crippen LogP contribution is -2.06. The number of anilines is 6.